The van der Waals surface area contributed by atoms with E-state index in [-0.39, 0.29) is 24.0 Å². The van der Waals surface area contributed by atoms with Gasteiger partial charge in [0.2, 0.25) is 5.91 Å². The van der Waals surface area contributed by atoms with Crippen molar-refractivity contribution in [2.45, 2.75) is 64.8 Å². The zero-order chi connectivity index (χ0) is 13.2. The largest absolute Gasteiger partial charge is 0.459 e. The first-order chi connectivity index (χ1) is 7.69. The summed E-state index contributed by atoms with van der Waals surface area (Å²) in [6, 6.07) is -0.369. The minimum Gasteiger partial charge on any atom is -0.459 e. The van der Waals surface area contributed by atoms with Crippen molar-refractivity contribution < 1.29 is 14.3 Å². The molecule has 0 spiro atoms. The van der Waals surface area contributed by atoms with Gasteiger partial charge in [0.1, 0.15) is 11.6 Å². The molecule has 98 valence electrons. The molecule has 0 unspecified atom stereocenters. The summed E-state index contributed by atoms with van der Waals surface area (Å²) in [4.78, 5) is 22.9. The van der Waals surface area contributed by atoms with Gasteiger partial charge in [0.05, 0.1) is 0 Å². The summed E-state index contributed by atoms with van der Waals surface area (Å²) >= 11 is 0. The Morgan fingerprint density at radius 1 is 1.53 bits per heavy atom. The zero-order valence-corrected chi connectivity index (χ0v) is 11.2. The molecule has 0 aromatic carbocycles. The molecule has 3 atom stereocenters. The van der Waals surface area contributed by atoms with Gasteiger partial charge in [0, 0.05) is 18.5 Å². The Morgan fingerprint density at radius 3 is 2.53 bits per heavy atom. The first kappa shape index (κ1) is 14.0. The molecule has 1 saturated heterocycles. The summed E-state index contributed by atoms with van der Waals surface area (Å²) in [5, 5.41) is 5.93. The van der Waals surface area contributed by atoms with Crippen LogP contribution in [0.15, 0.2) is 0 Å². The average Bonchev–Trinajstić information content (AvgIpc) is 2.42. The molecule has 1 amide bonds. The SMILES string of the molecule is C[C@H](N[C@H]1CC(=O)N[C@H]1C)C(=O)OC(C)(C)C. The molecular weight excluding hydrogens is 220 g/mol. The molecule has 0 radical (unpaired) electrons. The minimum atomic E-state index is -0.484. The van der Waals surface area contributed by atoms with Crippen LogP contribution in [-0.4, -0.2) is 35.6 Å². The minimum absolute atomic E-state index is 0.00924. The lowest BCUT2D eigenvalue weighted by molar-refractivity contribution is -0.157. The van der Waals surface area contributed by atoms with Crippen molar-refractivity contribution in [3.8, 4) is 0 Å². The number of rotatable bonds is 3. The third-order valence-corrected chi connectivity index (χ3v) is 2.62. The van der Waals surface area contributed by atoms with E-state index < -0.39 is 11.6 Å². The molecule has 5 heteroatoms. The number of ether oxygens (including phenoxy) is 1. The predicted octanol–water partition coefficient (Wildman–Crippen LogP) is 0.583. The van der Waals surface area contributed by atoms with E-state index in [4.69, 9.17) is 4.74 Å². The van der Waals surface area contributed by atoms with Crippen LogP contribution in [0.5, 0.6) is 0 Å². The monoisotopic (exact) mass is 242 g/mol. The van der Waals surface area contributed by atoms with Crippen LogP contribution in [0.4, 0.5) is 0 Å². The molecule has 17 heavy (non-hydrogen) atoms. The Hall–Kier alpha value is -1.10. The van der Waals surface area contributed by atoms with Crippen LogP contribution >= 0.6 is 0 Å². The smallest absolute Gasteiger partial charge is 0.323 e. The number of carbonyl (C=O) groups excluding carboxylic acids is 2. The van der Waals surface area contributed by atoms with Gasteiger partial charge in [0.25, 0.3) is 0 Å². The lowest BCUT2D eigenvalue weighted by Crippen LogP contribution is -2.47. The van der Waals surface area contributed by atoms with Crippen LogP contribution in [0.1, 0.15) is 41.0 Å². The van der Waals surface area contributed by atoms with Crippen molar-refractivity contribution in [2.75, 3.05) is 0 Å². The predicted molar refractivity (Wildman–Crippen MR) is 64.5 cm³/mol. The quantitative estimate of drug-likeness (QED) is 0.711. The number of nitrogens with one attached hydrogen (secondary N) is 2. The summed E-state index contributed by atoms with van der Waals surface area (Å²) in [5.41, 5.74) is -0.484. The molecule has 0 aliphatic carbocycles. The van der Waals surface area contributed by atoms with Crippen molar-refractivity contribution in [2.24, 2.45) is 0 Å². The van der Waals surface area contributed by atoms with E-state index in [1.807, 2.05) is 27.7 Å². The number of esters is 1. The summed E-state index contributed by atoms with van der Waals surface area (Å²) in [6.45, 7) is 9.18. The van der Waals surface area contributed by atoms with Gasteiger partial charge in [-0.25, -0.2) is 0 Å². The first-order valence-corrected chi connectivity index (χ1v) is 5.97. The zero-order valence-electron chi connectivity index (χ0n) is 11.2. The van der Waals surface area contributed by atoms with Gasteiger partial charge in [0.15, 0.2) is 0 Å². The highest BCUT2D eigenvalue weighted by Crippen LogP contribution is 2.11. The normalized spacial score (nSPS) is 26.5. The van der Waals surface area contributed by atoms with Gasteiger partial charge in [-0.2, -0.15) is 0 Å². The van der Waals surface area contributed by atoms with E-state index in [1.54, 1.807) is 6.92 Å². The number of carbonyl (C=O) groups is 2. The fourth-order valence-electron chi connectivity index (χ4n) is 1.77. The Kier molecular flexibility index (Phi) is 4.14. The Morgan fingerprint density at radius 2 is 2.12 bits per heavy atom. The molecule has 0 saturated carbocycles. The standard InChI is InChI=1S/C12H22N2O3/c1-7-9(6-10(15)14-7)13-8(2)11(16)17-12(3,4)5/h7-9,13H,6H2,1-5H3,(H,14,15)/t7-,8-,9-/m0/s1. The van der Waals surface area contributed by atoms with Gasteiger partial charge in [-0.05, 0) is 34.6 Å². The first-order valence-electron chi connectivity index (χ1n) is 5.97. The maximum Gasteiger partial charge on any atom is 0.323 e. The second-order valence-corrected chi connectivity index (χ2v) is 5.59. The van der Waals surface area contributed by atoms with Gasteiger partial charge in [-0.1, -0.05) is 0 Å². The fourth-order valence-corrected chi connectivity index (χ4v) is 1.77. The molecule has 0 aromatic heterocycles. The summed E-state index contributed by atoms with van der Waals surface area (Å²) in [5.74, 6) is -0.268. The number of amides is 1. The molecule has 2 N–H and O–H groups in total. The van der Waals surface area contributed by atoms with Crippen LogP contribution in [0, 0.1) is 0 Å². The van der Waals surface area contributed by atoms with E-state index >= 15 is 0 Å². The van der Waals surface area contributed by atoms with E-state index in [2.05, 4.69) is 10.6 Å². The maximum atomic E-state index is 11.7. The molecule has 1 aliphatic heterocycles. The van der Waals surface area contributed by atoms with E-state index in [1.165, 1.54) is 0 Å². The van der Waals surface area contributed by atoms with Crippen LogP contribution < -0.4 is 10.6 Å². The van der Waals surface area contributed by atoms with Crippen LogP contribution in [0.25, 0.3) is 0 Å². The van der Waals surface area contributed by atoms with E-state index in [0.29, 0.717) is 6.42 Å². The van der Waals surface area contributed by atoms with Crippen molar-refractivity contribution >= 4 is 11.9 Å². The van der Waals surface area contributed by atoms with Crippen LogP contribution in [-0.2, 0) is 14.3 Å². The van der Waals surface area contributed by atoms with Crippen LogP contribution in [0.3, 0.4) is 0 Å². The van der Waals surface area contributed by atoms with Crippen LogP contribution in [0.2, 0.25) is 0 Å². The molecule has 1 aliphatic rings. The maximum absolute atomic E-state index is 11.7. The second kappa shape index (κ2) is 5.04. The number of hydrogen-bond donors (Lipinski definition) is 2. The van der Waals surface area contributed by atoms with Crippen molar-refractivity contribution in [3.63, 3.8) is 0 Å². The summed E-state index contributed by atoms with van der Waals surface area (Å²) < 4.78 is 5.27. The van der Waals surface area contributed by atoms with E-state index in [0.717, 1.165) is 0 Å². The Balaban J connectivity index is 2.46. The molecular formula is C12H22N2O3. The fraction of sp³-hybridized carbons (Fsp3) is 0.833. The lowest BCUT2D eigenvalue weighted by Gasteiger charge is -2.25. The van der Waals surface area contributed by atoms with Crippen molar-refractivity contribution in [1.82, 2.24) is 10.6 Å². The molecule has 0 aromatic rings. The highest BCUT2D eigenvalue weighted by molar-refractivity contribution is 5.80. The molecule has 0 bridgehead atoms. The molecule has 1 heterocycles. The van der Waals surface area contributed by atoms with Crippen molar-refractivity contribution in [1.29, 1.82) is 0 Å². The summed E-state index contributed by atoms with van der Waals surface area (Å²) in [7, 11) is 0. The Labute approximate surface area is 102 Å². The van der Waals surface area contributed by atoms with Gasteiger partial charge in [-0.15, -0.1) is 0 Å². The molecule has 5 nitrogen and oxygen atoms in total. The molecule has 1 rings (SSSR count). The third-order valence-electron chi connectivity index (χ3n) is 2.62. The topological polar surface area (TPSA) is 67.4 Å². The highest BCUT2D eigenvalue weighted by Gasteiger charge is 2.32. The van der Waals surface area contributed by atoms with Gasteiger partial charge in [-0.3, -0.25) is 14.9 Å². The lowest BCUT2D eigenvalue weighted by atomic mass is 10.1. The van der Waals surface area contributed by atoms with E-state index in [9.17, 15) is 9.59 Å². The highest BCUT2D eigenvalue weighted by atomic mass is 16.6. The Bertz CT molecular complexity index is 309. The number of hydrogen-bond acceptors (Lipinski definition) is 4. The van der Waals surface area contributed by atoms with Crippen molar-refractivity contribution in [3.05, 3.63) is 0 Å². The third kappa shape index (κ3) is 4.34. The van der Waals surface area contributed by atoms with Gasteiger partial charge < -0.3 is 10.1 Å². The average molecular weight is 242 g/mol. The second-order valence-electron chi connectivity index (χ2n) is 5.59. The van der Waals surface area contributed by atoms with Gasteiger partial charge >= 0.3 is 5.97 Å². The molecule has 1 fully saturated rings. The summed E-state index contributed by atoms with van der Waals surface area (Å²) in [6.07, 6.45) is 0.411.